The molecule has 0 saturated carbocycles. The van der Waals surface area contributed by atoms with Gasteiger partial charge in [0.05, 0.1) is 41.2 Å². The zero-order chi connectivity index (χ0) is 33.8. The van der Waals surface area contributed by atoms with Gasteiger partial charge < -0.3 is 73.3 Å². The molecule has 0 aliphatic carbocycles. The Kier molecular flexibility index (Phi) is 11.6. The molecule has 0 amide bonds. The highest BCUT2D eigenvalue weighted by Crippen LogP contribution is 2.38. The summed E-state index contributed by atoms with van der Waals surface area (Å²) in [5.41, 5.74) is 2.32. The molecular formula is C32H42O15. The molecule has 15 heteroatoms. The van der Waals surface area contributed by atoms with E-state index >= 15 is 0 Å². The van der Waals surface area contributed by atoms with E-state index in [1.54, 1.807) is 27.4 Å². The van der Waals surface area contributed by atoms with Crippen molar-refractivity contribution in [1.29, 1.82) is 0 Å². The average Bonchev–Trinajstić information content (AvgIpc) is 3.52. The Bertz CT molecular complexity index is 1460. The van der Waals surface area contributed by atoms with Gasteiger partial charge in [-0.15, -0.1) is 0 Å². The van der Waals surface area contributed by atoms with Crippen LogP contribution in [-0.2, 0) is 25.4 Å². The number of aryl methyl sites for hydroxylation is 1. The fourth-order valence-corrected chi connectivity index (χ4v) is 5.67. The summed E-state index contributed by atoms with van der Waals surface area (Å²) >= 11 is 0. The molecule has 0 radical (unpaired) electrons. The van der Waals surface area contributed by atoms with Gasteiger partial charge in [-0.3, -0.25) is 0 Å². The summed E-state index contributed by atoms with van der Waals surface area (Å²) in [7, 11) is 4.68. The molecule has 2 aliphatic rings. The number of hydrogen-bond donors (Lipinski definition) is 7. The fraction of sp³-hybridized carbons (Fsp3) is 0.562. The number of aliphatic hydroxyl groups excluding tert-OH is 7. The number of aliphatic hydroxyl groups is 7. The molecule has 3 aromatic rings. The van der Waals surface area contributed by atoms with E-state index < -0.39 is 74.6 Å². The average molecular weight is 667 g/mol. The van der Waals surface area contributed by atoms with Crippen molar-refractivity contribution in [3.05, 3.63) is 42.0 Å². The Hall–Kier alpha value is -3.06. The molecule has 1 aromatic heterocycles. The van der Waals surface area contributed by atoms with Crippen molar-refractivity contribution < 1.29 is 73.3 Å². The third kappa shape index (κ3) is 7.50. The smallest absolute Gasteiger partial charge is 0.186 e. The van der Waals surface area contributed by atoms with Crippen molar-refractivity contribution >= 4 is 11.0 Å². The van der Waals surface area contributed by atoms with Crippen LogP contribution in [0.2, 0.25) is 0 Å². The second-order valence-electron chi connectivity index (χ2n) is 11.4. The van der Waals surface area contributed by atoms with Crippen LogP contribution in [0, 0.1) is 0 Å². The SMILES string of the molecule is COc1ccc(-c2cc3cc(CCCO[C@@H]4O[C@H](CO[C@@H]5O[C@H](CO)[C@@H](O)[C@H](O)[C@H]5O)[C@@H](O)[C@H](O)[C@H]4O)cc(OC)c3o2)cc1OC. The first-order valence-electron chi connectivity index (χ1n) is 15.2. The minimum Gasteiger partial charge on any atom is -0.493 e. The van der Waals surface area contributed by atoms with Crippen molar-refractivity contribution in [2.45, 2.75) is 74.3 Å². The molecule has 2 saturated heterocycles. The number of hydrogen-bond acceptors (Lipinski definition) is 15. The van der Waals surface area contributed by atoms with Crippen molar-refractivity contribution in [2.75, 3.05) is 41.2 Å². The zero-order valence-corrected chi connectivity index (χ0v) is 26.2. The Morgan fingerprint density at radius 1 is 0.660 bits per heavy atom. The van der Waals surface area contributed by atoms with Crippen molar-refractivity contribution in [3.63, 3.8) is 0 Å². The summed E-state index contributed by atoms with van der Waals surface area (Å²) in [5.74, 6) is 2.34. The Labute approximate surface area is 270 Å². The Morgan fingerprint density at radius 2 is 1.30 bits per heavy atom. The van der Waals surface area contributed by atoms with Gasteiger partial charge in [0.25, 0.3) is 0 Å². The summed E-state index contributed by atoms with van der Waals surface area (Å²) in [6.45, 7) is -0.964. The van der Waals surface area contributed by atoms with Gasteiger partial charge in [-0.05, 0) is 54.8 Å². The molecule has 260 valence electrons. The van der Waals surface area contributed by atoms with E-state index in [1.165, 1.54) is 0 Å². The van der Waals surface area contributed by atoms with Crippen LogP contribution in [0.25, 0.3) is 22.3 Å². The molecule has 5 rings (SSSR count). The molecule has 2 aromatic carbocycles. The number of benzene rings is 2. The van der Waals surface area contributed by atoms with Gasteiger partial charge in [0.2, 0.25) is 0 Å². The second kappa shape index (κ2) is 15.4. The van der Waals surface area contributed by atoms with Crippen LogP contribution in [0.15, 0.2) is 40.8 Å². The van der Waals surface area contributed by atoms with E-state index in [4.69, 9.17) is 37.6 Å². The number of ether oxygens (including phenoxy) is 7. The predicted molar refractivity (Wildman–Crippen MR) is 162 cm³/mol. The second-order valence-corrected chi connectivity index (χ2v) is 11.4. The van der Waals surface area contributed by atoms with Gasteiger partial charge in [0, 0.05) is 10.9 Å². The summed E-state index contributed by atoms with van der Waals surface area (Å²) in [6.07, 6.45) is -13.8. The van der Waals surface area contributed by atoms with Gasteiger partial charge >= 0.3 is 0 Å². The van der Waals surface area contributed by atoms with E-state index in [1.807, 2.05) is 30.3 Å². The van der Waals surface area contributed by atoms with E-state index in [-0.39, 0.29) is 6.61 Å². The predicted octanol–water partition coefficient (Wildman–Crippen LogP) is -0.301. The third-order valence-corrected chi connectivity index (χ3v) is 8.36. The van der Waals surface area contributed by atoms with Crippen LogP contribution >= 0.6 is 0 Å². The van der Waals surface area contributed by atoms with Crippen LogP contribution in [0.4, 0.5) is 0 Å². The lowest BCUT2D eigenvalue weighted by Crippen LogP contribution is -2.61. The molecule has 15 nitrogen and oxygen atoms in total. The van der Waals surface area contributed by atoms with Crippen molar-refractivity contribution in [3.8, 4) is 28.6 Å². The number of furan rings is 1. The molecule has 10 atom stereocenters. The Balaban J connectivity index is 1.18. The van der Waals surface area contributed by atoms with E-state index in [2.05, 4.69) is 0 Å². The fourth-order valence-electron chi connectivity index (χ4n) is 5.67. The first kappa shape index (κ1) is 35.3. The molecule has 0 unspecified atom stereocenters. The summed E-state index contributed by atoms with van der Waals surface area (Å²) in [4.78, 5) is 0. The highest BCUT2D eigenvalue weighted by atomic mass is 16.7. The maximum atomic E-state index is 10.5. The van der Waals surface area contributed by atoms with Gasteiger partial charge in [-0.1, -0.05) is 0 Å². The van der Waals surface area contributed by atoms with Crippen LogP contribution in [0.1, 0.15) is 12.0 Å². The molecular weight excluding hydrogens is 624 g/mol. The summed E-state index contributed by atoms with van der Waals surface area (Å²) in [5, 5.41) is 71.7. The minimum atomic E-state index is -1.66. The molecule has 2 fully saturated rings. The van der Waals surface area contributed by atoms with Crippen LogP contribution < -0.4 is 14.2 Å². The normalized spacial score (nSPS) is 31.2. The lowest BCUT2D eigenvalue weighted by molar-refractivity contribution is -0.331. The maximum Gasteiger partial charge on any atom is 0.186 e. The first-order chi connectivity index (χ1) is 22.6. The van der Waals surface area contributed by atoms with E-state index in [0.717, 1.165) is 16.5 Å². The summed E-state index contributed by atoms with van der Waals surface area (Å²) < 4.78 is 44.6. The molecule has 0 bridgehead atoms. The number of rotatable bonds is 13. The Morgan fingerprint density at radius 3 is 1.96 bits per heavy atom. The van der Waals surface area contributed by atoms with Crippen LogP contribution in [0.5, 0.6) is 17.2 Å². The molecule has 7 N–H and O–H groups in total. The largest absolute Gasteiger partial charge is 0.493 e. The summed E-state index contributed by atoms with van der Waals surface area (Å²) in [6, 6.07) is 11.2. The van der Waals surface area contributed by atoms with Crippen molar-refractivity contribution in [2.24, 2.45) is 0 Å². The van der Waals surface area contributed by atoms with E-state index in [0.29, 0.717) is 41.4 Å². The molecule has 3 heterocycles. The maximum absolute atomic E-state index is 10.5. The standard InChI is InChI=1S/C32H42O15/c1-40-18-7-6-16(11-20(18)41-2)19-12-17-9-15(10-21(42-3)30(17)45-19)5-4-8-43-31-28(38)27(37)25(35)23(47-31)14-44-32-29(39)26(36)24(34)22(13-33)46-32/h6-7,9-12,22-29,31-39H,4-5,8,13-14H2,1-3H3/t22-,23-,24-,25-,26+,27+,28-,29-,31-,32-/m1/s1. The molecule has 2 aliphatic heterocycles. The number of fused-ring (bicyclic) bond motifs is 1. The monoisotopic (exact) mass is 666 g/mol. The van der Waals surface area contributed by atoms with Gasteiger partial charge in [0.15, 0.2) is 35.4 Å². The number of methoxy groups -OCH3 is 3. The highest BCUT2D eigenvalue weighted by Gasteiger charge is 2.47. The minimum absolute atomic E-state index is 0.119. The van der Waals surface area contributed by atoms with Gasteiger partial charge in [0.1, 0.15) is 54.6 Å². The zero-order valence-electron chi connectivity index (χ0n) is 26.2. The van der Waals surface area contributed by atoms with E-state index in [9.17, 15) is 35.7 Å². The lowest BCUT2D eigenvalue weighted by atomic mass is 9.98. The quantitative estimate of drug-likeness (QED) is 0.117. The molecule has 47 heavy (non-hydrogen) atoms. The first-order valence-corrected chi connectivity index (χ1v) is 15.2. The third-order valence-electron chi connectivity index (χ3n) is 8.36. The highest BCUT2D eigenvalue weighted by molar-refractivity contribution is 5.88. The van der Waals surface area contributed by atoms with Gasteiger partial charge in [-0.2, -0.15) is 0 Å². The van der Waals surface area contributed by atoms with Crippen LogP contribution in [-0.4, -0.2) is 138 Å². The topological polar surface area (TPSA) is 219 Å². The van der Waals surface area contributed by atoms with Crippen LogP contribution in [0.3, 0.4) is 0 Å². The van der Waals surface area contributed by atoms with Gasteiger partial charge in [-0.25, -0.2) is 0 Å². The molecule has 0 spiro atoms. The lowest BCUT2D eigenvalue weighted by Gasteiger charge is -2.42. The van der Waals surface area contributed by atoms with Crippen molar-refractivity contribution in [1.82, 2.24) is 0 Å².